The molecule has 0 unspecified atom stereocenters. The fraction of sp³-hybridized carbons (Fsp3) is 0.179. The lowest BCUT2D eigenvalue weighted by atomic mass is 10.1. The van der Waals surface area contributed by atoms with Crippen LogP contribution < -0.4 is 20.3 Å². The van der Waals surface area contributed by atoms with Gasteiger partial charge in [-0.05, 0) is 73.0 Å². The lowest BCUT2D eigenvalue weighted by Crippen LogP contribution is -2.32. The van der Waals surface area contributed by atoms with Crippen LogP contribution >= 0.6 is 11.6 Å². The maximum absolute atomic E-state index is 13.0. The van der Waals surface area contributed by atoms with Gasteiger partial charge in [0, 0.05) is 16.9 Å². The highest BCUT2D eigenvalue weighted by Gasteiger charge is 2.39. The van der Waals surface area contributed by atoms with Gasteiger partial charge in [0.15, 0.2) is 0 Å². The molecule has 0 atom stereocenters. The second-order valence-electron chi connectivity index (χ2n) is 8.29. The number of imide groups is 1. The first-order valence-corrected chi connectivity index (χ1v) is 12.0. The number of nitrogens with zero attached hydrogens (tertiary/aromatic N) is 1. The van der Waals surface area contributed by atoms with Gasteiger partial charge >= 0.3 is 0 Å². The Hall–Kier alpha value is -4.10. The monoisotopic (exact) mass is 503 g/mol. The zero-order valence-corrected chi connectivity index (χ0v) is 20.8. The van der Waals surface area contributed by atoms with E-state index in [1.54, 1.807) is 48.5 Å². The Labute approximate surface area is 214 Å². The van der Waals surface area contributed by atoms with Crippen molar-refractivity contribution in [3.05, 3.63) is 94.7 Å². The quantitative estimate of drug-likeness (QED) is 0.364. The fourth-order valence-corrected chi connectivity index (χ4v) is 4.01. The molecule has 0 radical (unpaired) electrons. The molecule has 2 N–H and O–H groups in total. The third-order valence-corrected chi connectivity index (χ3v) is 6.13. The van der Waals surface area contributed by atoms with Crippen LogP contribution in [-0.4, -0.2) is 24.8 Å². The topological polar surface area (TPSA) is 87.7 Å². The van der Waals surface area contributed by atoms with Crippen LogP contribution in [0.15, 0.2) is 83.5 Å². The number of hydrogen-bond donors (Lipinski definition) is 2. The summed E-state index contributed by atoms with van der Waals surface area (Å²) >= 11 is 6.23. The standard InChI is InChI=1S/C28H26ClN3O4/c1-3-4-6-18-9-11-20(12-10-18)31-26(33)19-7-5-8-21(17-19)30-25-24(29)27(34)32(28(25)35)22-13-15-23(36-2)16-14-22/h5,7-17,30H,3-4,6H2,1-2H3,(H,31,33). The minimum atomic E-state index is -0.634. The van der Waals surface area contributed by atoms with Gasteiger partial charge in [-0.1, -0.05) is 43.1 Å². The molecule has 184 valence electrons. The highest BCUT2D eigenvalue weighted by Crippen LogP contribution is 2.31. The molecule has 8 heteroatoms. The van der Waals surface area contributed by atoms with Gasteiger partial charge in [0.05, 0.1) is 12.8 Å². The summed E-state index contributed by atoms with van der Waals surface area (Å²) in [5, 5.41) is 5.56. The molecule has 0 bridgehead atoms. The third kappa shape index (κ3) is 5.42. The van der Waals surface area contributed by atoms with E-state index >= 15 is 0 Å². The molecular formula is C28H26ClN3O4. The van der Waals surface area contributed by atoms with Crippen molar-refractivity contribution in [1.29, 1.82) is 0 Å². The van der Waals surface area contributed by atoms with Crippen LogP contribution in [0, 0.1) is 0 Å². The van der Waals surface area contributed by atoms with Gasteiger partial charge < -0.3 is 15.4 Å². The van der Waals surface area contributed by atoms with Crippen LogP contribution in [0.4, 0.5) is 17.1 Å². The minimum Gasteiger partial charge on any atom is -0.497 e. The molecule has 3 amide bonds. The maximum atomic E-state index is 13.0. The van der Waals surface area contributed by atoms with Crippen molar-refractivity contribution >= 4 is 46.4 Å². The predicted molar refractivity (Wildman–Crippen MR) is 141 cm³/mol. The van der Waals surface area contributed by atoms with Gasteiger partial charge in [-0.15, -0.1) is 0 Å². The molecule has 3 aromatic rings. The van der Waals surface area contributed by atoms with Crippen molar-refractivity contribution in [2.45, 2.75) is 26.2 Å². The Morgan fingerprint density at radius 1 is 0.944 bits per heavy atom. The van der Waals surface area contributed by atoms with E-state index in [0.29, 0.717) is 28.4 Å². The average Bonchev–Trinajstić information content (AvgIpc) is 3.11. The highest BCUT2D eigenvalue weighted by atomic mass is 35.5. The van der Waals surface area contributed by atoms with Crippen LogP contribution in [0.1, 0.15) is 35.7 Å². The van der Waals surface area contributed by atoms with Crippen molar-refractivity contribution in [1.82, 2.24) is 0 Å². The summed E-state index contributed by atoms with van der Waals surface area (Å²) in [5.41, 5.74) is 3.06. The van der Waals surface area contributed by atoms with Crippen molar-refractivity contribution in [2.75, 3.05) is 22.6 Å². The Morgan fingerprint density at radius 3 is 2.33 bits per heavy atom. The predicted octanol–water partition coefficient (Wildman–Crippen LogP) is 5.73. The van der Waals surface area contributed by atoms with E-state index in [2.05, 4.69) is 17.6 Å². The lowest BCUT2D eigenvalue weighted by Gasteiger charge is -2.15. The molecule has 36 heavy (non-hydrogen) atoms. The Bertz CT molecular complexity index is 1320. The van der Waals surface area contributed by atoms with Crippen molar-refractivity contribution in [3.63, 3.8) is 0 Å². The van der Waals surface area contributed by atoms with E-state index in [0.717, 1.165) is 24.2 Å². The Balaban J connectivity index is 1.46. The number of aryl methyl sites for hydroxylation is 1. The molecule has 7 nitrogen and oxygen atoms in total. The number of carbonyl (C=O) groups excluding carboxylic acids is 3. The number of benzene rings is 3. The number of anilines is 3. The first kappa shape index (κ1) is 25.0. The number of amides is 3. The Kier molecular flexibility index (Phi) is 7.71. The second kappa shape index (κ2) is 11.1. The van der Waals surface area contributed by atoms with Crippen molar-refractivity contribution in [3.8, 4) is 5.75 Å². The second-order valence-corrected chi connectivity index (χ2v) is 8.67. The molecule has 1 heterocycles. The molecule has 0 aliphatic carbocycles. The lowest BCUT2D eigenvalue weighted by molar-refractivity contribution is -0.120. The zero-order valence-electron chi connectivity index (χ0n) is 20.0. The maximum Gasteiger partial charge on any atom is 0.283 e. The van der Waals surface area contributed by atoms with E-state index in [1.807, 2.05) is 24.3 Å². The van der Waals surface area contributed by atoms with E-state index < -0.39 is 11.8 Å². The molecule has 3 aromatic carbocycles. The fourth-order valence-electron chi connectivity index (χ4n) is 3.80. The van der Waals surface area contributed by atoms with E-state index in [4.69, 9.17) is 16.3 Å². The van der Waals surface area contributed by atoms with Crippen LogP contribution in [0.25, 0.3) is 0 Å². The minimum absolute atomic E-state index is 0.0577. The number of methoxy groups -OCH3 is 1. The van der Waals surface area contributed by atoms with E-state index in [-0.39, 0.29) is 16.6 Å². The van der Waals surface area contributed by atoms with Crippen LogP contribution in [0.2, 0.25) is 0 Å². The molecule has 0 saturated carbocycles. The van der Waals surface area contributed by atoms with Crippen LogP contribution in [-0.2, 0) is 16.0 Å². The van der Waals surface area contributed by atoms with Crippen LogP contribution in [0.5, 0.6) is 5.75 Å². The number of rotatable bonds is 9. The summed E-state index contributed by atoms with van der Waals surface area (Å²) in [5.74, 6) is -0.926. The Morgan fingerprint density at radius 2 is 1.67 bits per heavy atom. The summed E-state index contributed by atoms with van der Waals surface area (Å²) in [6.07, 6.45) is 3.26. The van der Waals surface area contributed by atoms with E-state index in [9.17, 15) is 14.4 Å². The van der Waals surface area contributed by atoms with Gasteiger partial charge in [-0.25, -0.2) is 4.90 Å². The first-order valence-electron chi connectivity index (χ1n) is 11.6. The number of nitrogens with one attached hydrogen (secondary N) is 2. The first-order chi connectivity index (χ1) is 17.4. The summed E-state index contributed by atoms with van der Waals surface area (Å²) in [6.45, 7) is 2.15. The summed E-state index contributed by atoms with van der Waals surface area (Å²) in [4.78, 5) is 39.5. The third-order valence-electron chi connectivity index (χ3n) is 5.78. The van der Waals surface area contributed by atoms with Gasteiger partial charge in [0.25, 0.3) is 17.7 Å². The normalized spacial score (nSPS) is 13.2. The number of ether oxygens (including phenoxy) is 1. The molecule has 0 spiro atoms. The summed E-state index contributed by atoms with van der Waals surface area (Å²) in [7, 11) is 1.53. The zero-order chi connectivity index (χ0) is 25.7. The molecule has 0 fully saturated rings. The summed E-state index contributed by atoms with van der Waals surface area (Å²) in [6, 6.07) is 20.9. The number of unbranched alkanes of at least 4 members (excludes halogenated alkanes) is 1. The SMILES string of the molecule is CCCCc1ccc(NC(=O)c2cccc(NC3=C(Cl)C(=O)N(c4ccc(OC)cc4)C3=O)c2)cc1. The molecule has 1 aliphatic heterocycles. The van der Waals surface area contributed by atoms with E-state index in [1.165, 1.54) is 12.7 Å². The van der Waals surface area contributed by atoms with Gasteiger partial charge in [0.2, 0.25) is 0 Å². The largest absolute Gasteiger partial charge is 0.497 e. The number of hydrogen-bond acceptors (Lipinski definition) is 5. The van der Waals surface area contributed by atoms with Crippen LogP contribution in [0.3, 0.4) is 0 Å². The van der Waals surface area contributed by atoms with Gasteiger partial charge in [0.1, 0.15) is 16.5 Å². The van der Waals surface area contributed by atoms with Gasteiger partial charge in [-0.3, -0.25) is 14.4 Å². The number of halogens is 1. The molecule has 0 saturated heterocycles. The van der Waals surface area contributed by atoms with Crippen molar-refractivity contribution in [2.24, 2.45) is 0 Å². The molecule has 4 rings (SSSR count). The number of carbonyl (C=O) groups is 3. The molecule has 1 aliphatic rings. The average molecular weight is 504 g/mol. The highest BCUT2D eigenvalue weighted by molar-refractivity contribution is 6.53. The molecule has 0 aromatic heterocycles. The smallest absolute Gasteiger partial charge is 0.283 e. The summed E-state index contributed by atoms with van der Waals surface area (Å²) < 4.78 is 5.12. The van der Waals surface area contributed by atoms with Crippen molar-refractivity contribution < 1.29 is 19.1 Å². The molecular weight excluding hydrogens is 478 g/mol. The van der Waals surface area contributed by atoms with Gasteiger partial charge in [-0.2, -0.15) is 0 Å².